The molecule has 2 N–H and O–H groups in total. The number of rotatable bonds is 7. The lowest BCUT2D eigenvalue weighted by Gasteiger charge is -2.28. The fraction of sp³-hybridized carbons (Fsp3) is 1.00. The number of hydrogen-bond acceptors (Lipinski definition) is 2. The lowest BCUT2D eigenvalue weighted by Crippen LogP contribution is -2.32. The van der Waals surface area contributed by atoms with Crippen LogP contribution in [0.15, 0.2) is 0 Å². The molecule has 1 fully saturated rings. The molecule has 0 aromatic rings. The van der Waals surface area contributed by atoms with Gasteiger partial charge < -0.3 is 10.5 Å². The fourth-order valence-corrected chi connectivity index (χ4v) is 2.48. The summed E-state index contributed by atoms with van der Waals surface area (Å²) >= 11 is 0. The Morgan fingerprint density at radius 2 is 1.81 bits per heavy atom. The van der Waals surface area contributed by atoms with Crippen LogP contribution >= 0.6 is 0 Å². The van der Waals surface area contributed by atoms with Gasteiger partial charge in [0.25, 0.3) is 0 Å². The van der Waals surface area contributed by atoms with E-state index < -0.39 is 0 Å². The molecule has 1 rings (SSSR count). The van der Waals surface area contributed by atoms with Crippen LogP contribution in [-0.4, -0.2) is 18.2 Å². The monoisotopic (exact) mass is 227 g/mol. The van der Waals surface area contributed by atoms with Gasteiger partial charge in [0.05, 0.1) is 12.2 Å². The molecule has 1 saturated carbocycles. The summed E-state index contributed by atoms with van der Waals surface area (Å²) in [6.07, 6.45) is 12.1. The normalized spacial score (nSPS) is 27.9. The topological polar surface area (TPSA) is 35.2 Å². The second-order valence-electron chi connectivity index (χ2n) is 5.33. The van der Waals surface area contributed by atoms with Crippen molar-refractivity contribution in [3.63, 3.8) is 0 Å². The zero-order valence-electron chi connectivity index (χ0n) is 11.1. The van der Waals surface area contributed by atoms with Crippen molar-refractivity contribution in [2.75, 3.05) is 0 Å². The highest BCUT2D eigenvalue weighted by molar-refractivity contribution is 4.75. The highest BCUT2D eigenvalue weighted by atomic mass is 16.5. The predicted molar refractivity (Wildman–Crippen MR) is 69.5 cm³/mol. The maximum Gasteiger partial charge on any atom is 0.0580 e. The van der Waals surface area contributed by atoms with Gasteiger partial charge >= 0.3 is 0 Å². The van der Waals surface area contributed by atoms with Gasteiger partial charge in [-0.3, -0.25) is 0 Å². The van der Waals surface area contributed by atoms with Crippen LogP contribution in [0.4, 0.5) is 0 Å². The second kappa shape index (κ2) is 8.08. The third kappa shape index (κ3) is 5.86. The van der Waals surface area contributed by atoms with Crippen LogP contribution < -0.4 is 5.73 Å². The average Bonchev–Trinajstić information content (AvgIpc) is 2.28. The minimum atomic E-state index is 0.430. The SMILES string of the molecule is CCCCCCC(C)OC1CCC(N)CC1. The van der Waals surface area contributed by atoms with Gasteiger partial charge in [0.15, 0.2) is 0 Å². The van der Waals surface area contributed by atoms with Crippen molar-refractivity contribution in [2.24, 2.45) is 5.73 Å². The molecule has 96 valence electrons. The summed E-state index contributed by atoms with van der Waals surface area (Å²) in [7, 11) is 0. The van der Waals surface area contributed by atoms with Gasteiger partial charge in [0.2, 0.25) is 0 Å². The van der Waals surface area contributed by atoms with Gasteiger partial charge in [0.1, 0.15) is 0 Å². The van der Waals surface area contributed by atoms with Gasteiger partial charge in [-0.2, -0.15) is 0 Å². The first-order valence-electron chi connectivity index (χ1n) is 7.13. The van der Waals surface area contributed by atoms with Gasteiger partial charge in [-0.15, -0.1) is 0 Å². The van der Waals surface area contributed by atoms with Crippen molar-refractivity contribution in [1.29, 1.82) is 0 Å². The molecule has 0 aromatic carbocycles. The molecule has 1 atom stereocenters. The van der Waals surface area contributed by atoms with Crippen LogP contribution in [0.25, 0.3) is 0 Å². The summed E-state index contributed by atoms with van der Waals surface area (Å²) in [5.74, 6) is 0. The molecular weight excluding hydrogens is 198 g/mol. The largest absolute Gasteiger partial charge is 0.375 e. The average molecular weight is 227 g/mol. The molecule has 0 amide bonds. The molecule has 2 heteroatoms. The molecule has 2 nitrogen and oxygen atoms in total. The van der Waals surface area contributed by atoms with Crippen molar-refractivity contribution in [1.82, 2.24) is 0 Å². The molecule has 0 radical (unpaired) electrons. The van der Waals surface area contributed by atoms with E-state index in [4.69, 9.17) is 10.5 Å². The lowest BCUT2D eigenvalue weighted by molar-refractivity contribution is -0.0273. The Bertz CT molecular complexity index is 164. The van der Waals surface area contributed by atoms with Gasteiger partial charge in [-0.05, 0) is 39.0 Å². The number of hydrogen-bond donors (Lipinski definition) is 1. The van der Waals surface area contributed by atoms with E-state index >= 15 is 0 Å². The molecule has 0 aromatic heterocycles. The zero-order valence-corrected chi connectivity index (χ0v) is 11.1. The third-order valence-corrected chi connectivity index (χ3v) is 3.61. The molecule has 1 aliphatic carbocycles. The molecular formula is C14H29NO. The van der Waals surface area contributed by atoms with Crippen molar-refractivity contribution in [3.05, 3.63) is 0 Å². The summed E-state index contributed by atoms with van der Waals surface area (Å²) < 4.78 is 6.06. The van der Waals surface area contributed by atoms with E-state index in [1.807, 2.05) is 0 Å². The summed E-state index contributed by atoms with van der Waals surface area (Å²) in [5.41, 5.74) is 5.89. The smallest absolute Gasteiger partial charge is 0.0580 e. The highest BCUT2D eigenvalue weighted by Crippen LogP contribution is 2.22. The van der Waals surface area contributed by atoms with Crippen LogP contribution in [0.5, 0.6) is 0 Å². The summed E-state index contributed by atoms with van der Waals surface area (Å²) in [6, 6.07) is 0.430. The van der Waals surface area contributed by atoms with Crippen LogP contribution in [0.3, 0.4) is 0 Å². The predicted octanol–water partition coefficient (Wildman–Crippen LogP) is 3.63. The zero-order chi connectivity index (χ0) is 11.8. The molecule has 0 saturated heterocycles. The molecule has 0 bridgehead atoms. The molecule has 1 aliphatic rings. The van der Waals surface area contributed by atoms with E-state index in [2.05, 4.69) is 13.8 Å². The van der Waals surface area contributed by atoms with Crippen molar-refractivity contribution < 1.29 is 4.74 Å². The maximum atomic E-state index is 6.06. The summed E-state index contributed by atoms with van der Waals surface area (Å²) in [6.45, 7) is 4.48. The number of unbranched alkanes of at least 4 members (excludes halogenated alkanes) is 3. The fourth-order valence-electron chi connectivity index (χ4n) is 2.48. The Morgan fingerprint density at radius 1 is 1.12 bits per heavy atom. The first kappa shape index (κ1) is 14.0. The van der Waals surface area contributed by atoms with Crippen LogP contribution in [0.2, 0.25) is 0 Å². The summed E-state index contributed by atoms with van der Waals surface area (Å²) in [5, 5.41) is 0. The quantitative estimate of drug-likeness (QED) is 0.674. The molecule has 16 heavy (non-hydrogen) atoms. The molecule has 1 unspecified atom stereocenters. The minimum Gasteiger partial charge on any atom is -0.375 e. The standard InChI is InChI=1S/C14H29NO/c1-3-4-5-6-7-12(2)16-14-10-8-13(15)9-11-14/h12-14H,3-11,15H2,1-2H3. The first-order valence-corrected chi connectivity index (χ1v) is 7.13. The Kier molecular flexibility index (Phi) is 7.06. The third-order valence-electron chi connectivity index (χ3n) is 3.61. The van der Waals surface area contributed by atoms with Crippen molar-refractivity contribution in [3.8, 4) is 0 Å². The van der Waals surface area contributed by atoms with Gasteiger partial charge in [0, 0.05) is 6.04 Å². The van der Waals surface area contributed by atoms with E-state index in [0.717, 1.165) is 12.8 Å². The minimum absolute atomic E-state index is 0.430. The van der Waals surface area contributed by atoms with E-state index in [0.29, 0.717) is 18.2 Å². The van der Waals surface area contributed by atoms with Crippen LogP contribution in [0, 0.1) is 0 Å². The second-order valence-corrected chi connectivity index (χ2v) is 5.33. The van der Waals surface area contributed by atoms with E-state index in [1.165, 1.54) is 44.9 Å². The van der Waals surface area contributed by atoms with E-state index in [1.54, 1.807) is 0 Å². The van der Waals surface area contributed by atoms with Gasteiger partial charge in [-0.1, -0.05) is 32.6 Å². The number of ether oxygens (including phenoxy) is 1. The molecule has 0 aliphatic heterocycles. The van der Waals surface area contributed by atoms with Gasteiger partial charge in [-0.25, -0.2) is 0 Å². The lowest BCUT2D eigenvalue weighted by atomic mass is 9.93. The van der Waals surface area contributed by atoms with Crippen LogP contribution in [-0.2, 0) is 4.74 Å². The maximum absolute atomic E-state index is 6.06. The number of nitrogens with two attached hydrogens (primary N) is 1. The molecule has 0 spiro atoms. The Labute approximate surface area is 101 Å². The van der Waals surface area contributed by atoms with Crippen molar-refractivity contribution >= 4 is 0 Å². The molecule has 0 heterocycles. The van der Waals surface area contributed by atoms with Crippen molar-refractivity contribution in [2.45, 2.75) is 89.9 Å². The van der Waals surface area contributed by atoms with Crippen LogP contribution in [0.1, 0.15) is 71.6 Å². The summed E-state index contributed by atoms with van der Waals surface area (Å²) in [4.78, 5) is 0. The Hall–Kier alpha value is -0.0800. The Balaban J connectivity index is 2.02. The first-order chi connectivity index (χ1) is 7.72. The highest BCUT2D eigenvalue weighted by Gasteiger charge is 2.20. The Morgan fingerprint density at radius 3 is 2.44 bits per heavy atom. The van der Waals surface area contributed by atoms with E-state index in [9.17, 15) is 0 Å². The van der Waals surface area contributed by atoms with E-state index in [-0.39, 0.29) is 0 Å².